The summed E-state index contributed by atoms with van der Waals surface area (Å²) in [6.45, 7) is 4.31. The van der Waals surface area contributed by atoms with Crippen LogP contribution in [0.1, 0.15) is 26.7 Å². The van der Waals surface area contributed by atoms with E-state index >= 15 is 0 Å². The van der Waals surface area contributed by atoms with Gasteiger partial charge >= 0.3 is 0 Å². The summed E-state index contributed by atoms with van der Waals surface area (Å²) in [6.07, 6.45) is 1.59. The number of hydrogen-bond acceptors (Lipinski definition) is 4. The Hall–Kier alpha value is -1.42. The van der Waals surface area contributed by atoms with Gasteiger partial charge in [-0.15, -0.1) is 0 Å². The lowest BCUT2D eigenvalue weighted by atomic mass is 9.94. The van der Waals surface area contributed by atoms with Gasteiger partial charge in [0.1, 0.15) is 5.75 Å². The van der Waals surface area contributed by atoms with Crippen LogP contribution in [0.4, 0.5) is 11.4 Å². The summed E-state index contributed by atoms with van der Waals surface area (Å²) >= 11 is 0. The number of rotatable bonds is 6. The summed E-state index contributed by atoms with van der Waals surface area (Å²) in [7, 11) is 1.60. The maximum absolute atomic E-state index is 9.09. The van der Waals surface area contributed by atoms with Crippen LogP contribution >= 0.6 is 0 Å². The van der Waals surface area contributed by atoms with Gasteiger partial charge in [0.05, 0.1) is 18.5 Å². The van der Waals surface area contributed by atoms with Crippen LogP contribution in [0.5, 0.6) is 5.75 Å². The van der Waals surface area contributed by atoms with Crippen molar-refractivity contribution in [3.05, 3.63) is 18.2 Å². The second-order valence-electron chi connectivity index (χ2n) is 4.43. The molecule has 0 bridgehead atoms. The van der Waals surface area contributed by atoms with Crippen molar-refractivity contribution in [2.24, 2.45) is 0 Å². The molecule has 0 aromatic heterocycles. The molecule has 1 aromatic carbocycles. The highest BCUT2D eigenvalue weighted by molar-refractivity contribution is 5.73. The molecule has 4 nitrogen and oxygen atoms in total. The molecule has 96 valence electrons. The first-order valence-corrected chi connectivity index (χ1v) is 5.88. The number of para-hydroxylation sites is 1. The molecule has 1 unspecified atom stereocenters. The molecule has 0 aliphatic heterocycles. The zero-order valence-corrected chi connectivity index (χ0v) is 10.8. The van der Waals surface area contributed by atoms with Crippen LogP contribution in [-0.4, -0.2) is 24.4 Å². The molecule has 0 aliphatic rings. The summed E-state index contributed by atoms with van der Waals surface area (Å²) in [6, 6.07) is 5.64. The van der Waals surface area contributed by atoms with E-state index in [2.05, 4.69) is 19.2 Å². The number of nitrogens with two attached hydrogens (primary N) is 1. The van der Waals surface area contributed by atoms with Gasteiger partial charge in [-0.05, 0) is 31.9 Å². The largest absolute Gasteiger partial charge is 0.495 e. The average Bonchev–Trinajstić information content (AvgIpc) is 2.32. The lowest BCUT2D eigenvalue weighted by Gasteiger charge is -2.31. The summed E-state index contributed by atoms with van der Waals surface area (Å²) < 4.78 is 5.18. The molecule has 1 rings (SSSR count). The second kappa shape index (κ2) is 5.77. The van der Waals surface area contributed by atoms with Crippen LogP contribution in [-0.2, 0) is 0 Å². The molecule has 17 heavy (non-hydrogen) atoms. The third kappa shape index (κ3) is 3.27. The van der Waals surface area contributed by atoms with Gasteiger partial charge in [0, 0.05) is 12.1 Å². The summed E-state index contributed by atoms with van der Waals surface area (Å²) in [5.41, 5.74) is 7.30. The number of methoxy groups -OCH3 is 1. The number of ether oxygens (including phenoxy) is 1. The molecule has 0 heterocycles. The van der Waals surface area contributed by atoms with Crippen LogP contribution in [0.25, 0.3) is 0 Å². The molecule has 0 fully saturated rings. The van der Waals surface area contributed by atoms with Crippen molar-refractivity contribution in [3.8, 4) is 5.75 Å². The van der Waals surface area contributed by atoms with Crippen molar-refractivity contribution in [2.75, 3.05) is 24.8 Å². The van der Waals surface area contributed by atoms with Gasteiger partial charge in [0.15, 0.2) is 0 Å². The Morgan fingerprint density at radius 3 is 2.71 bits per heavy atom. The number of aliphatic hydroxyl groups excluding tert-OH is 1. The molecule has 4 N–H and O–H groups in total. The molecule has 1 aromatic rings. The standard InChI is InChI=1S/C13H22N2O2/c1-4-13(2,8-9-16)15-10-6-5-7-11(17-3)12(10)14/h5-7,15-16H,4,8-9,14H2,1-3H3. The van der Waals surface area contributed by atoms with E-state index in [4.69, 9.17) is 15.6 Å². The number of nitrogen functional groups attached to an aromatic ring is 1. The maximum atomic E-state index is 9.09. The van der Waals surface area contributed by atoms with Crippen LogP contribution in [0.15, 0.2) is 18.2 Å². The van der Waals surface area contributed by atoms with Gasteiger partial charge in [-0.2, -0.15) is 0 Å². The Bertz CT molecular complexity index is 368. The fourth-order valence-corrected chi connectivity index (χ4v) is 1.73. The van der Waals surface area contributed by atoms with Crippen LogP contribution in [0.3, 0.4) is 0 Å². The van der Waals surface area contributed by atoms with Gasteiger partial charge in [-0.1, -0.05) is 13.0 Å². The van der Waals surface area contributed by atoms with Gasteiger partial charge in [-0.25, -0.2) is 0 Å². The fraction of sp³-hybridized carbons (Fsp3) is 0.538. The summed E-state index contributed by atoms with van der Waals surface area (Å²) in [4.78, 5) is 0. The van der Waals surface area contributed by atoms with Gasteiger partial charge in [-0.3, -0.25) is 0 Å². The Morgan fingerprint density at radius 2 is 2.18 bits per heavy atom. The van der Waals surface area contributed by atoms with Crippen LogP contribution in [0.2, 0.25) is 0 Å². The molecule has 0 saturated heterocycles. The highest BCUT2D eigenvalue weighted by Crippen LogP contribution is 2.32. The van der Waals surface area contributed by atoms with E-state index in [1.165, 1.54) is 0 Å². The first-order valence-electron chi connectivity index (χ1n) is 5.88. The zero-order chi connectivity index (χ0) is 12.9. The maximum Gasteiger partial charge on any atom is 0.143 e. The first-order chi connectivity index (χ1) is 8.06. The molecule has 0 spiro atoms. The number of nitrogens with one attached hydrogen (secondary N) is 1. The van der Waals surface area contributed by atoms with Gasteiger partial charge in [0.25, 0.3) is 0 Å². The normalized spacial score (nSPS) is 14.1. The lowest BCUT2D eigenvalue weighted by molar-refractivity contribution is 0.252. The van der Waals surface area contributed by atoms with Crippen molar-refractivity contribution in [1.82, 2.24) is 0 Å². The summed E-state index contributed by atoms with van der Waals surface area (Å²) in [5, 5.41) is 12.5. The number of hydrogen-bond donors (Lipinski definition) is 3. The minimum Gasteiger partial charge on any atom is -0.495 e. The van der Waals surface area contributed by atoms with Crippen LogP contribution in [0, 0.1) is 0 Å². The van der Waals surface area contributed by atoms with E-state index in [0.717, 1.165) is 12.1 Å². The monoisotopic (exact) mass is 238 g/mol. The number of anilines is 2. The Morgan fingerprint density at radius 1 is 1.47 bits per heavy atom. The SMILES string of the molecule is CCC(C)(CCO)Nc1cccc(OC)c1N. The van der Waals surface area contributed by atoms with E-state index in [1.54, 1.807) is 7.11 Å². The Balaban J connectivity index is 2.93. The van der Waals surface area contributed by atoms with Crippen molar-refractivity contribution in [2.45, 2.75) is 32.2 Å². The van der Waals surface area contributed by atoms with Gasteiger partial charge in [0.2, 0.25) is 0 Å². The molecule has 4 heteroatoms. The Labute approximate surface area is 103 Å². The second-order valence-corrected chi connectivity index (χ2v) is 4.43. The van der Waals surface area contributed by atoms with E-state index in [1.807, 2.05) is 18.2 Å². The molecule has 1 atom stereocenters. The zero-order valence-electron chi connectivity index (χ0n) is 10.8. The molecule has 0 aliphatic carbocycles. The molecular weight excluding hydrogens is 216 g/mol. The highest BCUT2D eigenvalue weighted by Gasteiger charge is 2.22. The van der Waals surface area contributed by atoms with Crippen molar-refractivity contribution >= 4 is 11.4 Å². The quantitative estimate of drug-likeness (QED) is 0.665. The first kappa shape index (κ1) is 13.6. The molecule has 0 amide bonds. The van der Waals surface area contributed by atoms with E-state index in [0.29, 0.717) is 17.9 Å². The highest BCUT2D eigenvalue weighted by atomic mass is 16.5. The molecule has 0 radical (unpaired) electrons. The van der Waals surface area contributed by atoms with Crippen molar-refractivity contribution < 1.29 is 9.84 Å². The van der Waals surface area contributed by atoms with Gasteiger partial charge < -0.3 is 20.9 Å². The van der Waals surface area contributed by atoms with E-state index < -0.39 is 0 Å². The smallest absolute Gasteiger partial charge is 0.143 e. The van der Waals surface area contributed by atoms with Crippen LogP contribution < -0.4 is 15.8 Å². The topological polar surface area (TPSA) is 67.5 Å². The van der Waals surface area contributed by atoms with Crippen molar-refractivity contribution in [1.29, 1.82) is 0 Å². The minimum atomic E-state index is -0.158. The third-order valence-corrected chi connectivity index (χ3v) is 3.17. The summed E-state index contributed by atoms with van der Waals surface area (Å²) in [5.74, 6) is 0.664. The molecular formula is C13H22N2O2. The average molecular weight is 238 g/mol. The number of benzene rings is 1. The van der Waals surface area contributed by atoms with E-state index in [9.17, 15) is 0 Å². The minimum absolute atomic E-state index is 0.154. The van der Waals surface area contributed by atoms with E-state index in [-0.39, 0.29) is 12.1 Å². The third-order valence-electron chi connectivity index (χ3n) is 3.17. The number of aliphatic hydroxyl groups is 1. The van der Waals surface area contributed by atoms with Crippen molar-refractivity contribution in [3.63, 3.8) is 0 Å². The molecule has 0 saturated carbocycles. The Kier molecular flexibility index (Phi) is 4.63. The predicted octanol–water partition coefficient (Wildman–Crippen LogP) is 2.24. The fourth-order valence-electron chi connectivity index (χ4n) is 1.73. The predicted molar refractivity (Wildman–Crippen MR) is 71.4 cm³/mol. The lowest BCUT2D eigenvalue weighted by Crippen LogP contribution is -2.35.